The minimum Gasteiger partial charge on any atom is -0.478 e. The maximum Gasteiger partial charge on any atom is 0.335 e. The van der Waals surface area contributed by atoms with Crippen LogP contribution in [0.25, 0.3) is 0 Å². The van der Waals surface area contributed by atoms with E-state index in [1.54, 1.807) is 12.1 Å². The topological polar surface area (TPSA) is 77.8 Å². The Hall–Kier alpha value is -1.88. The molecule has 1 amide bonds. The average molecular weight is 235 g/mol. The highest BCUT2D eigenvalue weighted by Crippen LogP contribution is 2.28. The van der Waals surface area contributed by atoms with Gasteiger partial charge in [-0.3, -0.25) is 4.79 Å². The van der Waals surface area contributed by atoms with Crippen molar-refractivity contribution >= 4 is 17.6 Å². The minimum atomic E-state index is -0.974. The van der Waals surface area contributed by atoms with Crippen molar-refractivity contribution in [2.75, 3.05) is 18.1 Å². The summed E-state index contributed by atoms with van der Waals surface area (Å²) in [6.07, 6.45) is 0.910. The molecule has 1 aliphatic rings. The number of fused-ring (bicyclic) bond motifs is 1. The van der Waals surface area contributed by atoms with Crippen LogP contribution in [-0.2, 0) is 11.2 Å². The lowest BCUT2D eigenvalue weighted by Gasteiger charge is -2.29. The number of nitrogens with zero attached hydrogens (tertiary/aromatic N) is 1. The summed E-state index contributed by atoms with van der Waals surface area (Å²) in [5.74, 6) is -1.01. The molecular weight excluding hydrogens is 222 g/mol. The van der Waals surface area contributed by atoms with Crippen molar-refractivity contribution in [2.24, 2.45) is 0 Å². The van der Waals surface area contributed by atoms with E-state index in [2.05, 4.69) is 0 Å². The number of carboxylic acids is 1. The second-order valence-electron chi connectivity index (χ2n) is 3.92. The Kier molecular flexibility index (Phi) is 3.10. The number of aryl methyl sites for hydroxylation is 1. The Bertz CT molecular complexity index is 470. The van der Waals surface area contributed by atoms with Crippen molar-refractivity contribution in [2.45, 2.75) is 12.8 Å². The Morgan fingerprint density at radius 1 is 1.35 bits per heavy atom. The summed E-state index contributed by atoms with van der Waals surface area (Å²) in [4.78, 5) is 24.0. The van der Waals surface area contributed by atoms with Crippen molar-refractivity contribution in [3.05, 3.63) is 29.3 Å². The number of aliphatic hydroxyl groups is 1. The molecule has 0 saturated heterocycles. The van der Waals surface area contributed by atoms with Crippen LogP contribution in [0.4, 0.5) is 5.69 Å². The van der Waals surface area contributed by atoms with E-state index in [1.165, 1.54) is 11.0 Å². The Balaban J connectivity index is 2.40. The number of carbonyl (C=O) groups excluding carboxylic acids is 1. The quantitative estimate of drug-likeness (QED) is 0.806. The van der Waals surface area contributed by atoms with Gasteiger partial charge in [0.25, 0.3) is 0 Å². The third-order valence-corrected chi connectivity index (χ3v) is 2.85. The van der Waals surface area contributed by atoms with Gasteiger partial charge in [-0.05, 0) is 30.2 Å². The van der Waals surface area contributed by atoms with Gasteiger partial charge >= 0.3 is 5.97 Å². The number of hydrogen-bond acceptors (Lipinski definition) is 3. The highest BCUT2D eigenvalue weighted by atomic mass is 16.4. The van der Waals surface area contributed by atoms with Crippen LogP contribution in [0.5, 0.6) is 0 Å². The van der Waals surface area contributed by atoms with Gasteiger partial charge < -0.3 is 15.1 Å². The van der Waals surface area contributed by atoms with E-state index in [0.29, 0.717) is 18.5 Å². The summed E-state index contributed by atoms with van der Waals surface area (Å²) in [7, 11) is 0. The molecule has 5 heteroatoms. The summed E-state index contributed by atoms with van der Waals surface area (Å²) >= 11 is 0. The van der Waals surface area contributed by atoms with E-state index >= 15 is 0 Å². The van der Waals surface area contributed by atoms with Crippen molar-refractivity contribution in [3.63, 3.8) is 0 Å². The molecule has 5 nitrogen and oxygen atoms in total. The number of hydrogen-bond donors (Lipinski definition) is 2. The van der Waals surface area contributed by atoms with Gasteiger partial charge in [-0.25, -0.2) is 4.79 Å². The Labute approximate surface area is 98.3 Å². The summed E-state index contributed by atoms with van der Waals surface area (Å²) in [5, 5.41) is 17.8. The van der Waals surface area contributed by atoms with Crippen molar-refractivity contribution in [1.29, 1.82) is 0 Å². The second-order valence-corrected chi connectivity index (χ2v) is 3.92. The summed E-state index contributed by atoms with van der Waals surface area (Å²) in [6, 6.07) is 4.70. The van der Waals surface area contributed by atoms with Gasteiger partial charge in [0.2, 0.25) is 5.91 Å². The van der Waals surface area contributed by atoms with Gasteiger partial charge in [-0.1, -0.05) is 0 Å². The molecule has 1 heterocycles. The highest BCUT2D eigenvalue weighted by Gasteiger charge is 2.24. The molecule has 0 atom stereocenters. The zero-order valence-electron chi connectivity index (χ0n) is 9.22. The van der Waals surface area contributed by atoms with Crippen molar-refractivity contribution in [3.8, 4) is 0 Å². The number of anilines is 1. The molecule has 0 aromatic heterocycles. The van der Waals surface area contributed by atoms with Crippen LogP contribution >= 0.6 is 0 Å². The van der Waals surface area contributed by atoms with Crippen molar-refractivity contribution in [1.82, 2.24) is 0 Å². The molecule has 90 valence electrons. The molecule has 0 fully saturated rings. The largest absolute Gasteiger partial charge is 0.478 e. The molecule has 0 spiro atoms. The van der Waals surface area contributed by atoms with E-state index < -0.39 is 5.97 Å². The van der Waals surface area contributed by atoms with Gasteiger partial charge in [0, 0.05) is 18.7 Å². The molecular formula is C12H13NO4. The van der Waals surface area contributed by atoms with Gasteiger partial charge in [0.05, 0.1) is 12.2 Å². The Morgan fingerprint density at radius 2 is 2.12 bits per heavy atom. The molecule has 1 aromatic rings. The van der Waals surface area contributed by atoms with Gasteiger partial charge in [0.15, 0.2) is 0 Å². The summed E-state index contributed by atoms with van der Waals surface area (Å²) < 4.78 is 0. The predicted octanol–water partition coefficient (Wildman–Crippen LogP) is 0.656. The number of rotatable bonds is 3. The van der Waals surface area contributed by atoms with E-state index in [9.17, 15) is 9.59 Å². The molecule has 17 heavy (non-hydrogen) atoms. The smallest absolute Gasteiger partial charge is 0.335 e. The lowest BCUT2D eigenvalue weighted by atomic mass is 9.99. The normalized spacial score (nSPS) is 14.6. The first-order valence-electron chi connectivity index (χ1n) is 5.41. The number of benzene rings is 1. The van der Waals surface area contributed by atoms with Crippen LogP contribution in [0.3, 0.4) is 0 Å². The molecule has 1 aromatic carbocycles. The van der Waals surface area contributed by atoms with E-state index in [-0.39, 0.29) is 24.6 Å². The van der Waals surface area contributed by atoms with Crippen LogP contribution < -0.4 is 4.90 Å². The molecule has 0 radical (unpaired) electrons. The fourth-order valence-electron chi connectivity index (χ4n) is 2.04. The van der Waals surface area contributed by atoms with Crippen LogP contribution in [0.2, 0.25) is 0 Å². The summed E-state index contributed by atoms with van der Waals surface area (Å²) in [6.45, 7) is 0.143. The number of amides is 1. The van der Waals surface area contributed by atoms with Crippen LogP contribution in [-0.4, -0.2) is 35.2 Å². The van der Waals surface area contributed by atoms with Crippen LogP contribution in [0.15, 0.2) is 18.2 Å². The first-order valence-corrected chi connectivity index (χ1v) is 5.41. The average Bonchev–Trinajstić information content (AvgIpc) is 2.32. The number of aliphatic hydroxyl groups excluding tert-OH is 1. The minimum absolute atomic E-state index is 0.0328. The fourth-order valence-corrected chi connectivity index (χ4v) is 2.04. The van der Waals surface area contributed by atoms with E-state index in [0.717, 1.165) is 5.56 Å². The first-order chi connectivity index (χ1) is 8.13. The van der Waals surface area contributed by atoms with Crippen LogP contribution in [0.1, 0.15) is 22.3 Å². The molecule has 2 rings (SSSR count). The van der Waals surface area contributed by atoms with Crippen molar-refractivity contribution < 1.29 is 19.8 Å². The third-order valence-electron chi connectivity index (χ3n) is 2.85. The number of carboxylic acid groups (broad SMARTS) is 1. The molecule has 0 saturated carbocycles. The van der Waals surface area contributed by atoms with Crippen LogP contribution in [0, 0.1) is 0 Å². The highest BCUT2D eigenvalue weighted by molar-refractivity contribution is 5.97. The van der Waals surface area contributed by atoms with E-state index in [1.807, 2.05) is 0 Å². The van der Waals surface area contributed by atoms with Gasteiger partial charge in [-0.2, -0.15) is 0 Å². The predicted molar refractivity (Wildman–Crippen MR) is 61.2 cm³/mol. The number of β-amino-alcohol motifs (C(OH)–C–C–N with tert-alkyl or cyclic N) is 1. The molecule has 2 N–H and O–H groups in total. The lowest BCUT2D eigenvalue weighted by Crippen LogP contribution is -2.37. The molecule has 0 unspecified atom stereocenters. The SMILES string of the molecule is O=C(O)c1ccc2c(c1)CCC(=O)N2CCO. The standard InChI is InChI=1S/C12H13NO4/c14-6-5-13-10-3-1-9(12(16)17)7-8(10)2-4-11(13)15/h1,3,7,14H,2,4-6H2,(H,16,17). The monoisotopic (exact) mass is 235 g/mol. The maximum atomic E-state index is 11.7. The maximum absolute atomic E-state index is 11.7. The fraction of sp³-hybridized carbons (Fsp3) is 0.333. The summed E-state index contributed by atoms with van der Waals surface area (Å²) in [5.41, 5.74) is 1.78. The second kappa shape index (κ2) is 4.55. The zero-order chi connectivity index (χ0) is 12.4. The molecule has 1 aliphatic heterocycles. The van der Waals surface area contributed by atoms with Gasteiger partial charge in [0.1, 0.15) is 0 Å². The number of carbonyl (C=O) groups is 2. The zero-order valence-corrected chi connectivity index (χ0v) is 9.22. The van der Waals surface area contributed by atoms with E-state index in [4.69, 9.17) is 10.2 Å². The molecule has 0 aliphatic carbocycles. The third kappa shape index (κ3) is 2.14. The number of aromatic carboxylic acids is 1. The van der Waals surface area contributed by atoms with Gasteiger partial charge in [-0.15, -0.1) is 0 Å². The Morgan fingerprint density at radius 3 is 2.76 bits per heavy atom. The lowest BCUT2D eigenvalue weighted by molar-refractivity contribution is -0.119. The molecule has 0 bridgehead atoms. The first kappa shape index (κ1) is 11.6.